The van der Waals surface area contributed by atoms with Crippen molar-refractivity contribution in [3.8, 4) is 0 Å². The molecule has 1 aromatic rings. The molecule has 1 unspecified atom stereocenters. The SMILES string of the molecule is C=CC(=O)Nc1cccc(CNC(=O)[C@@H]2CCCN2C(O)[C@@H](NC(=O)[C@H](C)N(C)C(=O)OC(C)(C)C)C(C)(C)C)c1. The summed E-state index contributed by atoms with van der Waals surface area (Å²) in [4.78, 5) is 53.5. The smallest absolute Gasteiger partial charge is 0.410 e. The monoisotopic (exact) mass is 573 g/mol. The maximum atomic E-state index is 13.2. The lowest BCUT2D eigenvalue weighted by atomic mass is 9.84. The third-order valence-corrected chi connectivity index (χ3v) is 6.95. The van der Waals surface area contributed by atoms with Crippen molar-refractivity contribution >= 4 is 29.5 Å². The molecule has 0 spiro atoms. The molecule has 228 valence electrons. The van der Waals surface area contributed by atoms with Crippen molar-refractivity contribution in [2.45, 2.75) is 97.8 Å². The molecule has 0 aromatic heterocycles. The minimum Gasteiger partial charge on any atom is -0.444 e. The minimum atomic E-state index is -1.14. The molecule has 1 fully saturated rings. The van der Waals surface area contributed by atoms with Gasteiger partial charge in [0.05, 0.1) is 12.1 Å². The predicted molar refractivity (Wildman–Crippen MR) is 158 cm³/mol. The number of likely N-dealkylation sites (N-methyl/N-ethyl adjacent to an activating group) is 1. The van der Waals surface area contributed by atoms with Crippen molar-refractivity contribution in [3.63, 3.8) is 0 Å². The Labute approximate surface area is 243 Å². The summed E-state index contributed by atoms with van der Waals surface area (Å²) >= 11 is 0. The molecule has 2 rings (SSSR count). The van der Waals surface area contributed by atoms with E-state index in [4.69, 9.17) is 4.74 Å². The first-order valence-corrected chi connectivity index (χ1v) is 13.9. The fourth-order valence-corrected chi connectivity index (χ4v) is 4.52. The van der Waals surface area contributed by atoms with Gasteiger partial charge in [-0.3, -0.25) is 24.2 Å². The van der Waals surface area contributed by atoms with Gasteiger partial charge in [-0.1, -0.05) is 39.5 Å². The number of hydrogen-bond donors (Lipinski definition) is 4. The summed E-state index contributed by atoms with van der Waals surface area (Å²) < 4.78 is 5.38. The number of amides is 4. The number of carbonyl (C=O) groups is 4. The number of nitrogens with zero attached hydrogens (tertiary/aromatic N) is 2. The lowest BCUT2D eigenvalue weighted by molar-refractivity contribution is -0.136. The van der Waals surface area contributed by atoms with Crippen LogP contribution in [0.25, 0.3) is 0 Å². The van der Waals surface area contributed by atoms with E-state index in [1.807, 2.05) is 26.8 Å². The van der Waals surface area contributed by atoms with Crippen LogP contribution in [0.3, 0.4) is 0 Å². The number of benzene rings is 1. The molecule has 0 aliphatic carbocycles. The lowest BCUT2D eigenvalue weighted by Gasteiger charge is -2.41. The standard InChI is InChI=1S/C30H47N5O6/c1-10-23(36)32-21-14-11-13-20(17-21)18-31-26(38)22-15-12-16-35(22)27(39)24(29(3,4)5)33-25(37)19(2)34(9)28(40)41-30(6,7)8/h10-11,13-14,17,19,22,24,27,39H,1,12,15-16,18H2,2-9H3,(H,31,38)(H,32,36)(H,33,37)/t19-,22-,24+,27?/m0/s1. The van der Waals surface area contributed by atoms with Crippen LogP contribution < -0.4 is 16.0 Å². The van der Waals surface area contributed by atoms with Crippen molar-refractivity contribution in [2.75, 3.05) is 18.9 Å². The Kier molecular flexibility index (Phi) is 11.5. The van der Waals surface area contributed by atoms with E-state index in [-0.39, 0.29) is 18.4 Å². The molecule has 1 aliphatic rings. The number of aliphatic hydroxyl groups is 1. The van der Waals surface area contributed by atoms with Crippen molar-refractivity contribution in [1.82, 2.24) is 20.4 Å². The highest BCUT2D eigenvalue weighted by atomic mass is 16.6. The number of anilines is 1. The van der Waals surface area contributed by atoms with Gasteiger partial charge in [0.1, 0.15) is 17.9 Å². The maximum Gasteiger partial charge on any atom is 0.410 e. The normalized spacial score (nSPS) is 18.0. The molecular weight excluding hydrogens is 526 g/mol. The van der Waals surface area contributed by atoms with E-state index in [0.29, 0.717) is 25.1 Å². The molecule has 1 aliphatic heterocycles. The zero-order valence-electron chi connectivity index (χ0n) is 25.6. The van der Waals surface area contributed by atoms with E-state index in [1.54, 1.807) is 50.8 Å². The second-order valence-corrected chi connectivity index (χ2v) is 12.5. The number of carbonyl (C=O) groups excluding carboxylic acids is 4. The van der Waals surface area contributed by atoms with E-state index < -0.39 is 47.4 Å². The Bertz CT molecular complexity index is 1110. The van der Waals surface area contributed by atoms with Crippen molar-refractivity contribution < 1.29 is 29.0 Å². The minimum absolute atomic E-state index is 0.237. The lowest BCUT2D eigenvalue weighted by Crippen LogP contribution is -2.62. The van der Waals surface area contributed by atoms with Gasteiger partial charge in [-0.15, -0.1) is 0 Å². The zero-order chi connectivity index (χ0) is 31.1. The number of ether oxygens (including phenoxy) is 1. The van der Waals surface area contributed by atoms with Gasteiger partial charge in [-0.05, 0) is 69.7 Å². The summed E-state index contributed by atoms with van der Waals surface area (Å²) in [7, 11) is 1.49. The summed E-state index contributed by atoms with van der Waals surface area (Å²) in [5.41, 5.74) is 0.114. The third kappa shape index (κ3) is 9.86. The van der Waals surface area contributed by atoms with E-state index in [0.717, 1.165) is 5.56 Å². The molecule has 1 heterocycles. The molecule has 0 saturated carbocycles. The van der Waals surface area contributed by atoms with Crippen LogP contribution in [0.5, 0.6) is 0 Å². The largest absolute Gasteiger partial charge is 0.444 e. The van der Waals surface area contributed by atoms with E-state index >= 15 is 0 Å². The molecule has 41 heavy (non-hydrogen) atoms. The van der Waals surface area contributed by atoms with Crippen LogP contribution in [0.4, 0.5) is 10.5 Å². The average molecular weight is 574 g/mol. The average Bonchev–Trinajstić information content (AvgIpc) is 3.37. The Hall–Kier alpha value is -3.44. The van der Waals surface area contributed by atoms with Crippen LogP contribution in [-0.4, -0.2) is 82.3 Å². The molecular formula is C30H47N5O6. The van der Waals surface area contributed by atoms with Crippen LogP contribution in [0, 0.1) is 5.41 Å². The number of hydrogen-bond acceptors (Lipinski definition) is 7. The van der Waals surface area contributed by atoms with Crippen LogP contribution >= 0.6 is 0 Å². The fraction of sp³-hybridized carbons (Fsp3) is 0.600. The van der Waals surface area contributed by atoms with Gasteiger partial charge < -0.3 is 25.8 Å². The number of likely N-dealkylation sites (tertiary alicyclic amines) is 1. The summed E-state index contributed by atoms with van der Waals surface area (Å²) in [6, 6.07) is 4.96. The molecule has 4 N–H and O–H groups in total. The molecule has 0 bridgehead atoms. The van der Waals surface area contributed by atoms with Crippen LogP contribution in [0.1, 0.15) is 66.9 Å². The van der Waals surface area contributed by atoms with Crippen molar-refractivity contribution in [1.29, 1.82) is 0 Å². The summed E-state index contributed by atoms with van der Waals surface area (Å²) in [5.74, 6) is -1.01. The molecule has 4 amide bonds. The Balaban J connectivity index is 2.10. The first-order valence-electron chi connectivity index (χ1n) is 13.9. The molecule has 0 radical (unpaired) electrons. The van der Waals surface area contributed by atoms with Crippen molar-refractivity contribution in [2.24, 2.45) is 5.41 Å². The van der Waals surface area contributed by atoms with Gasteiger partial charge in [0.15, 0.2) is 0 Å². The predicted octanol–water partition coefficient (Wildman–Crippen LogP) is 3.00. The van der Waals surface area contributed by atoms with Gasteiger partial charge in [0.25, 0.3) is 0 Å². The Morgan fingerprint density at radius 2 is 1.85 bits per heavy atom. The van der Waals surface area contributed by atoms with Crippen molar-refractivity contribution in [3.05, 3.63) is 42.5 Å². The first kappa shape index (κ1) is 33.8. The Morgan fingerprint density at radius 3 is 2.44 bits per heavy atom. The number of nitrogens with one attached hydrogen (secondary N) is 3. The van der Waals surface area contributed by atoms with Gasteiger partial charge >= 0.3 is 6.09 Å². The molecule has 1 saturated heterocycles. The highest BCUT2D eigenvalue weighted by molar-refractivity contribution is 5.98. The summed E-state index contributed by atoms with van der Waals surface area (Å²) in [6.07, 6.45) is 0.676. The van der Waals surface area contributed by atoms with E-state index in [9.17, 15) is 24.3 Å². The van der Waals surface area contributed by atoms with Gasteiger partial charge in [-0.25, -0.2) is 4.79 Å². The van der Waals surface area contributed by atoms with E-state index in [2.05, 4.69) is 22.5 Å². The quantitative estimate of drug-likeness (QED) is 0.316. The second-order valence-electron chi connectivity index (χ2n) is 12.5. The van der Waals surface area contributed by atoms with Crippen LogP contribution in [0.15, 0.2) is 36.9 Å². The molecule has 1 aromatic carbocycles. The molecule has 11 heteroatoms. The van der Waals surface area contributed by atoms with Gasteiger partial charge in [-0.2, -0.15) is 0 Å². The van der Waals surface area contributed by atoms with E-state index in [1.165, 1.54) is 18.0 Å². The maximum absolute atomic E-state index is 13.2. The van der Waals surface area contributed by atoms with Crippen LogP contribution in [-0.2, 0) is 25.7 Å². The third-order valence-electron chi connectivity index (χ3n) is 6.95. The molecule has 11 nitrogen and oxygen atoms in total. The number of aliphatic hydroxyl groups excluding tert-OH is 1. The second kappa shape index (κ2) is 14.0. The number of rotatable bonds is 10. The van der Waals surface area contributed by atoms with Gasteiger partial charge in [0.2, 0.25) is 17.7 Å². The molecule has 4 atom stereocenters. The highest BCUT2D eigenvalue weighted by Gasteiger charge is 2.43. The summed E-state index contributed by atoms with van der Waals surface area (Å²) in [5, 5.41) is 20.1. The topological polar surface area (TPSA) is 140 Å². The fourth-order valence-electron chi connectivity index (χ4n) is 4.52. The zero-order valence-corrected chi connectivity index (χ0v) is 25.6. The highest BCUT2D eigenvalue weighted by Crippen LogP contribution is 2.29. The summed E-state index contributed by atoms with van der Waals surface area (Å²) in [6.45, 7) is 16.7. The van der Waals surface area contributed by atoms with Gasteiger partial charge in [0, 0.05) is 25.8 Å². The Morgan fingerprint density at radius 1 is 1.20 bits per heavy atom. The first-order chi connectivity index (χ1) is 18.9. The van der Waals surface area contributed by atoms with Crippen LogP contribution in [0.2, 0.25) is 0 Å².